The Kier molecular flexibility index (Phi) is 3.52. The molecule has 2 aromatic rings. The zero-order valence-electron chi connectivity index (χ0n) is 9.87. The molecule has 0 saturated heterocycles. The molecule has 2 heterocycles. The second-order valence-electron chi connectivity index (χ2n) is 3.88. The molecule has 1 aliphatic heterocycles. The summed E-state index contributed by atoms with van der Waals surface area (Å²) in [4.78, 5) is 13.2. The average Bonchev–Trinajstić information content (AvgIpc) is 3.11. The molecule has 1 atom stereocenters. The van der Waals surface area contributed by atoms with Gasteiger partial charge < -0.3 is 5.32 Å². The summed E-state index contributed by atoms with van der Waals surface area (Å²) in [6.45, 7) is 0. The van der Waals surface area contributed by atoms with Crippen molar-refractivity contribution in [2.45, 2.75) is 5.37 Å². The van der Waals surface area contributed by atoms with E-state index in [0.29, 0.717) is 5.04 Å². The van der Waals surface area contributed by atoms with Crippen LogP contribution in [0.5, 0.6) is 0 Å². The first-order valence-corrected chi connectivity index (χ1v) is 7.48. The summed E-state index contributed by atoms with van der Waals surface area (Å²) >= 11 is 3.08. The van der Waals surface area contributed by atoms with Crippen molar-refractivity contribution in [2.75, 3.05) is 5.32 Å². The number of thiophene rings is 1. The van der Waals surface area contributed by atoms with Crippen LogP contribution in [0, 0.1) is 0 Å². The largest absolute Gasteiger partial charge is 0.320 e. The molecule has 0 saturated carbocycles. The van der Waals surface area contributed by atoms with Gasteiger partial charge >= 0.3 is 0 Å². The van der Waals surface area contributed by atoms with Crippen molar-refractivity contribution in [3.8, 4) is 0 Å². The van der Waals surface area contributed by atoms with Gasteiger partial charge in [0.25, 0.3) is 5.91 Å². The molecule has 6 heteroatoms. The third-order valence-corrected chi connectivity index (χ3v) is 4.72. The molecule has 1 amide bonds. The molecule has 3 rings (SSSR count). The normalized spacial score (nSPS) is 17.7. The van der Waals surface area contributed by atoms with Crippen LogP contribution in [0.1, 0.15) is 10.3 Å². The van der Waals surface area contributed by atoms with Crippen LogP contribution in [0.3, 0.4) is 0 Å². The van der Waals surface area contributed by atoms with E-state index in [2.05, 4.69) is 15.8 Å². The number of anilines is 1. The fourth-order valence-corrected chi connectivity index (χ4v) is 3.40. The number of carbonyl (C=O) groups is 1. The fraction of sp³-hybridized carbons (Fsp3) is 0.0769. The van der Waals surface area contributed by atoms with E-state index in [1.807, 2.05) is 47.8 Å². The second kappa shape index (κ2) is 5.46. The van der Waals surface area contributed by atoms with Gasteiger partial charge in [0, 0.05) is 10.6 Å². The smallest absolute Gasteiger partial charge is 0.282 e. The van der Waals surface area contributed by atoms with Crippen molar-refractivity contribution >= 4 is 39.7 Å². The molecule has 0 fully saturated rings. The molecule has 1 unspecified atom stereocenters. The SMILES string of the molecule is O=C(Nc1ccccc1)C1=NNC(c2cccs2)S1. The number of hydrogen-bond donors (Lipinski definition) is 2. The molecular formula is C13H11N3OS2. The predicted molar refractivity (Wildman–Crippen MR) is 80.3 cm³/mol. The third kappa shape index (κ3) is 2.80. The first-order valence-electron chi connectivity index (χ1n) is 5.72. The highest BCUT2D eigenvalue weighted by molar-refractivity contribution is 8.16. The lowest BCUT2D eigenvalue weighted by molar-refractivity contribution is -0.110. The number of nitrogens with zero attached hydrogens (tertiary/aromatic N) is 1. The van der Waals surface area contributed by atoms with Gasteiger partial charge in [0.15, 0.2) is 5.04 Å². The number of hydrogen-bond acceptors (Lipinski definition) is 5. The van der Waals surface area contributed by atoms with Gasteiger partial charge in [0.05, 0.1) is 0 Å². The molecule has 96 valence electrons. The molecule has 4 nitrogen and oxygen atoms in total. The molecule has 1 aromatic carbocycles. The molecule has 0 aliphatic carbocycles. The monoisotopic (exact) mass is 289 g/mol. The highest BCUT2D eigenvalue weighted by Gasteiger charge is 2.26. The molecule has 0 spiro atoms. The number of benzene rings is 1. The van der Waals surface area contributed by atoms with Crippen molar-refractivity contribution in [2.24, 2.45) is 5.10 Å². The van der Waals surface area contributed by atoms with Crippen molar-refractivity contribution in [1.29, 1.82) is 0 Å². The summed E-state index contributed by atoms with van der Waals surface area (Å²) in [5.41, 5.74) is 3.75. The van der Waals surface area contributed by atoms with Crippen LogP contribution in [0.25, 0.3) is 0 Å². The Morgan fingerprint density at radius 3 is 2.79 bits per heavy atom. The fourth-order valence-electron chi connectivity index (χ4n) is 1.65. The molecule has 1 aromatic heterocycles. The number of nitrogens with one attached hydrogen (secondary N) is 2. The van der Waals surface area contributed by atoms with Crippen LogP contribution >= 0.6 is 23.1 Å². The topological polar surface area (TPSA) is 53.5 Å². The number of carbonyl (C=O) groups excluding carboxylic acids is 1. The third-order valence-electron chi connectivity index (χ3n) is 2.54. The van der Waals surface area contributed by atoms with Crippen LogP contribution in [0.15, 0.2) is 52.9 Å². The van der Waals surface area contributed by atoms with E-state index in [9.17, 15) is 4.79 Å². The molecule has 1 aliphatic rings. The lowest BCUT2D eigenvalue weighted by Gasteiger charge is -2.06. The molecule has 0 bridgehead atoms. The van der Waals surface area contributed by atoms with Crippen molar-refractivity contribution < 1.29 is 4.79 Å². The Labute approximate surface area is 118 Å². The van der Waals surface area contributed by atoms with E-state index in [-0.39, 0.29) is 11.3 Å². The number of hydrazone groups is 1. The zero-order chi connectivity index (χ0) is 13.1. The molecule has 0 radical (unpaired) electrons. The highest BCUT2D eigenvalue weighted by atomic mass is 32.2. The van der Waals surface area contributed by atoms with Crippen molar-refractivity contribution in [1.82, 2.24) is 5.43 Å². The lowest BCUT2D eigenvalue weighted by Crippen LogP contribution is -2.19. The van der Waals surface area contributed by atoms with E-state index in [4.69, 9.17) is 0 Å². The number of amides is 1. The maximum atomic E-state index is 12.0. The maximum Gasteiger partial charge on any atom is 0.282 e. The maximum absolute atomic E-state index is 12.0. The highest BCUT2D eigenvalue weighted by Crippen LogP contribution is 2.34. The minimum Gasteiger partial charge on any atom is -0.320 e. The van der Waals surface area contributed by atoms with E-state index < -0.39 is 0 Å². The first kappa shape index (κ1) is 12.3. The van der Waals surface area contributed by atoms with E-state index >= 15 is 0 Å². The molecule has 2 N–H and O–H groups in total. The van der Waals surface area contributed by atoms with Gasteiger partial charge in [-0.15, -0.1) is 11.3 Å². The number of thioether (sulfide) groups is 1. The van der Waals surface area contributed by atoms with Gasteiger partial charge in [-0.25, -0.2) is 0 Å². The van der Waals surface area contributed by atoms with E-state index in [1.54, 1.807) is 11.3 Å². The van der Waals surface area contributed by atoms with Crippen LogP contribution < -0.4 is 10.7 Å². The average molecular weight is 289 g/mol. The Balaban J connectivity index is 1.63. The van der Waals surface area contributed by atoms with Crippen LogP contribution in [-0.4, -0.2) is 11.0 Å². The van der Waals surface area contributed by atoms with Gasteiger partial charge in [-0.1, -0.05) is 36.0 Å². The van der Waals surface area contributed by atoms with Gasteiger partial charge in [-0.2, -0.15) is 5.10 Å². The summed E-state index contributed by atoms with van der Waals surface area (Å²) in [6, 6.07) is 13.4. The summed E-state index contributed by atoms with van der Waals surface area (Å²) in [6.07, 6.45) is 0. The van der Waals surface area contributed by atoms with Crippen molar-refractivity contribution in [3.05, 3.63) is 52.7 Å². The minimum absolute atomic E-state index is 0.0384. The summed E-state index contributed by atoms with van der Waals surface area (Å²) < 4.78 is 0. The Bertz CT molecular complexity index is 596. The summed E-state index contributed by atoms with van der Waals surface area (Å²) in [5.74, 6) is -0.178. The lowest BCUT2D eigenvalue weighted by atomic mass is 10.3. The van der Waals surface area contributed by atoms with Crippen LogP contribution in [0.2, 0.25) is 0 Å². The molecule has 19 heavy (non-hydrogen) atoms. The Morgan fingerprint density at radius 2 is 2.05 bits per heavy atom. The molecular weight excluding hydrogens is 278 g/mol. The van der Waals surface area contributed by atoms with E-state index in [1.165, 1.54) is 11.8 Å². The van der Waals surface area contributed by atoms with Gasteiger partial charge in [-0.05, 0) is 23.6 Å². The number of rotatable bonds is 3. The number of para-hydroxylation sites is 1. The van der Waals surface area contributed by atoms with Crippen LogP contribution in [-0.2, 0) is 4.79 Å². The second-order valence-corrected chi connectivity index (χ2v) is 5.95. The minimum atomic E-state index is -0.178. The van der Waals surface area contributed by atoms with E-state index in [0.717, 1.165) is 10.6 Å². The van der Waals surface area contributed by atoms with Gasteiger partial charge in [-0.3, -0.25) is 10.2 Å². The van der Waals surface area contributed by atoms with Gasteiger partial charge in [0.1, 0.15) is 5.37 Å². The Hall–Kier alpha value is -1.79. The quantitative estimate of drug-likeness (QED) is 0.913. The standard InChI is InChI=1S/C13H11N3OS2/c17-11(14-9-5-2-1-3-6-9)13-16-15-12(19-13)10-7-4-8-18-10/h1-8,12,15H,(H,14,17). The Morgan fingerprint density at radius 1 is 1.21 bits per heavy atom. The van der Waals surface area contributed by atoms with Crippen molar-refractivity contribution in [3.63, 3.8) is 0 Å². The summed E-state index contributed by atoms with van der Waals surface area (Å²) in [5, 5.41) is 9.43. The van der Waals surface area contributed by atoms with Crippen LogP contribution in [0.4, 0.5) is 5.69 Å². The summed E-state index contributed by atoms with van der Waals surface area (Å²) in [7, 11) is 0. The predicted octanol–water partition coefficient (Wildman–Crippen LogP) is 3.04. The van der Waals surface area contributed by atoms with Gasteiger partial charge in [0.2, 0.25) is 0 Å². The zero-order valence-corrected chi connectivity index (χ0v) is 11.5. The first-order chi connectivity index (χ1) is 9.33.